The molecule has 1 amide bonds. The van der Waals surface area contributed by atoms with Crippen LogP contribution in [0.1, 0.15) is 33.6 Å². The molecule has 0 spiro atoms. The fraction of sp³-hybridized carbons (Fsp3) is 0.529. The lowest BCUT2D eigenvalue weighted by molar-refractivity contribution is -0.134. The van der Waals surface area contributed by atoms with E-state index in [4.69, 9.17) is 14.2 Å². The first-order valence-electron chi connectivity index (χ1n) is 7.73. The molecule has 0 radical (unpaired) electrons. The van der Waals surface area contributed by atoms with Crippen molar-refractivity contribution in [3.63, 3.8) is 0 Å². The van der Waals surface area contributed by atoms with Crippen LogP contribution in [0.15, 0.2) is 18.2 Å². The Kier molecular flexibility index (Phi) is 5.26. The molecule has 0 saturated heterocycles. The molecular weight excluding hydrogens is 298 g/mol. The number of fused-ring (bicyclic) bond motifs is 1. The molecule has 1 unspecified atom stereocenters. The summed E-state index contributed by atoms with van der Waals surface area (Å²) in [6.45, 7) is 6.13. The van der Waals surface area contributed by atoms with Crippen molar-refractivity contribution in [3.8, 4) is 11.5 Å². The van der Waals surface area contributed by atoms with Gasteiger partial charge in [-0.3, -0.25) is 9.59 Å². The highest BCUT2D eigenvalue weighted by atomic mass is 16.5. The van der Waals surface area contributed by atoms with Crippen molar-refractivity contribution >= 4 is 17.6 Å². The maximum atomic E-state index is 12.8. The summed E-state index contributed by atoms with van der Waals surface area (Å²) in [5.41, 5.74) is -0.265. The number of benzene rings is 1. The summed E-state index contributed by atoms with van der Waals surface area (Å²) in [5.74, 6) is 0.507. The number of hydrogen-bond donors (Lipinski definition) is 0. The van der Waals surface area contributed by atoms with Gasteiger partial charge < -0.3 is 19.1 Å². The zero-order valence-electron chi connectivity index (χ0n) is 14.0. The second kappa shape index (κ2) is 7.00. The van der Waals surface area contributed by atoms with Crippen LogP contribution in [0.5, 0.6) is 11.5 Å². The van der Waals surface area contributed by atoms with Gasteiger partial charge in [0.25, 0.3) is 5.91 Å². The summed E-state index contributed by atoms with van der Waals surface area (Å²) in [6.07, 6.45) is 1.27. The first kappa shape index (κ1) is 17.3. The minimum absolute atomic E-state index is 0.0939. The van der Waals surface area contributed by atoms with Crippen LogP contribution in [0.3, 0.4) is 0 Å². The molecule has 6 heteroatoms. The van der Waals surface area contributed by atoms with E-state index in [2.05, 4.69) is 0 Å². The normalized spacial score (nSPS) is 20.0. The predicted octanol–water partition coefficient (Wildman–Crippen LogP) is 2.54. The molecule has 6 nitrogen and oxygen atoms in total. The monoisotopic (exact) mass is 321 g/mol. The number of hydrogen-bond acceptors (Lipinski definition) is 5. The third-order valence-electron chi connectivity index (χ3n) is 3.92. The molecule has 23 heavy (non-hydrogen) atoms. The van der Waals surface area contributed by atoms with Gasteiger partial charge in [0, 0.05) is 33.3 Å². The van der Waals surface area contributed by atoms with Crippen LogP contribution in [0.4, 0.5) is 5.69 Å². The Bertz CT molecular complexity index is 601. The van der Waals surface area contributed by atoms with E-state index in [9.17, 15) is 9.59 Å². The highest BCUT2D eigenvalue weighted by Crippen LogP contribution is 2.41. The standard InChI is InChI=1S/C17H23NO5/c1-5-17(3)16(20)18(9-6-10-21-4)14-11-13(22-12(2)19)7-8-15(14)23-17/h7-8,11H,5-6,9-10H2,1-4H3. The molecule has 0 bridgehead atoms. The van der Waals surface area contributed by atoms with Crippen molar-refractivity contribution in [3.05, 3.63) is 18.2 Å². The Morgan fingerprint density at radius 2 is 2.13 bits per heavy atom. The predicted molar refractivity (Wildman–Crippen MR) is 85.9 cm³/mol. The fourth-order valence-corrected chi connectivity index (χ4v) is 2.52. The first-order valence-corrected chi connectivity index (χ1v) is 7.73. The average Bonchev–Trinajstić information content (AvgIpc) is 2.51. The Morgan fingerprint density at radius 1 is 1.39 bits per heavy atom. The third kappa shape index (κ3) is 3.64. The maximum Gasteiger partial charge on any atom is 0.308 e. The molecule has 1 aromatic carbocycles. The maximum absolute atomic E-state index is 12.8. The Labute approximate surface area is 136 Å². The highest BCUT2D eigenvalue weighted by molar-refractivity contribution is 6.02. The molecule has 1 atom stereocenters. The van der Waals surface area contributed by atoms with E-state index < -0.39 is 11.6 Å². The Hall–Kier alpha value is -2.08. The van der Waals surface area contributed by atoms with Crippen molar-refractivity contribution in [2.24, 2.45) is 0 Å². The van der Waals surface area contributed by atoms with Gasteiger partial charge in [-0.25, -0.2) is 0 Å². The first-order chi connectivity index (χ1) is 10.9. The van der Waals surface area contributed by atoms with Gasteiger partial charge in [-0.05, 0) is 31.9 Å². The smallest absolute Gasteiger partial charge is 0.308 e. The molecule has 126 valence electrons. The van der Waals surface area contributed by atoms with E-state index >= 15 is 0 Å². The number of rotatable bonds is 6. The molecular formula is C17H23NO5. The molecule has 1 heterocycles. The summed E-state index contributed by atoms with van der Waals surface area (Å²) in [6, 6.07) is 5.06. The van der Waals surface area contributed by atoms with Gasteiger partial charge in [-0.2, -0.15) is 0 Å². The number of anilines is 1. The fourth-order valence-electron chi connectivity index (χ4n) is 2.52. The van der Waals surface area contributed by atoms with E-state index in [1.54, 1.807) is 37.1 Å². The zero-order chi connectivity index (χ0) is 17.0. The molecule has 2 rings (SSSR count). The van der Waals surface area contributed by atoms with Crippen molar-refractivity contribution in [2.45, 2.75) is 39.2 Å². The highest BCUT2D eigenvalue weighted by Gasteiger charge is 2.43. The van der Waals surface area contributed by atoms with Gasteiger partial charge in [0.1, 0.15) is 11.5 Å². The molecule has 1 aliphatic rings. The number of nitrogens with zero attached hydrogens (tertiary/aromatic N) is 1. The van der Waals surface area contributed by atoms with Gasteiger partial charge >= 0.3 is 5.97 Å². The lowest BCUT2D eigenvalue weighted by Crippen LogP contribution is -2.54. The lowest BCUT2D eigenvalue weighted by Gasteiger charge is -2.40. The van der Waals surface area contributed by atoms with Gasteiger partial charge in [0.15, 0.2) is 5.60 Å². The van der Waals surface area contributed by atoms with Crippen LogP contribution >= 0.6 is 0 Å². The molecule has 0 N–H and O–H groups in total. The van der Waals surface area contributed by atoms with E-state index in [0.717, 1.165) is 0 Å². The largest absolute Gasteiger partial charge is 0.476 e. The van der Waals surface area contributed by atoms with E-state index in [1.807, 2.05) is 6.92 Å². The topological polar surface area (TPSA) is 65.1 Å². The molecule has 0 fully saturated rings. The quantitative estimate of drug-likeness (QED) is 0.458. The summed E-state index contributed by atoms with van der Waals surface area (Å²) < 4.78 is 16.1. The molecule has 1 aromatic rings. The number of ether oxygens (including phenoxy) is 3. The lowest BCUT2D eigenvalue weighted by atomic mass is 9.98. The average molecular weight is 321 g/mol. The van der Waals surface area contributed by atoms with Crippen LogP contribution in [0.25, 0.3) is 0 Å². The van der Waals surface area contributed by atoms with E-state index in [-0.39, 0.29) is 5.91 Å². The summed E-state index contributed by atoms with van der Waals surface area (Å²) in [4.78, 5) is 25.6. The summed E-state index contributed by atoms with van der Waals surface area (Å²) >= 11 is 0. The summed E-state index contributed by atoms with van der Waals surface area (Å²) in [5, 5.41) is 0. The van der Waals surface area contributed by atoms with Crippen LogP contribution in [-0.2, 0) is 14.3 Å². The molecule has 0 saturated carbocycles. The van der Waals surface area contributed by atoms with Gasteiger partial charge in [-0.15, -0.1) is 0 Å². The van der Waals surface area contributed by atoms with E-state index in [1.165, 1.54) is 6.92 Å². The number of esters is 1. The number of amides is 1. The number of carbonyl (C=O) groups is 2. The van der Waals surface area contributed by atoms with Crippen LogP contribution in [0.2, 0.25) is 0 Å². The van der Waals surface area contributed by atoms with Crippen molar-refractivity contribution in [2.75, 3.05) is 25.2 Å². The minimum atomic E-state index is -0.886. The molecule has 1 aliphatic heterocycles. The number of methoxy groups -OCH3 is 1. The van der Waals surface area contributed by atoms with Crippen molar-refractivity contribution in [1.82, 2.24) is 0 Å². The summed E-state index contributed by atoms with van der Waals surface area (Å²) in [7, 11) is 1.63. The second-order valence-electron chi connectivity index (χ2n) is 5.71. The van der Waals surface area contributed by atoms with Crippen LogP contribution in [-0.4, -0.2) is 37.7 Å². The van der Waals surface area contributed by atoms with Crippen LogP contribution < -0.4 is 14.4 Å². The van der Waals surface area contributed by atoms with E-state index in [0.29, 0.717) is 43.2 Å². The Morgan fingerprint density at radius 3 is 2.74 bits per heavy atom. The van der Waals surface area contributed by atoms with Gasteiger partial charge in [-0.1, -0.05) is 6.92 Å². The van der Waals surface area contributed by atoms with Crippen molar-refractivity contribution in [1.29, 1.82) is 0 Å². The zero-order valence-corrected chi connectivity index (χ0v) is 14.0. The second-order valence-corrected chi connectivity index (χ2v) is 5.71. The minimum Gasteiger partial charge on any atom is -0.476 e. The number of carbonyl (C=O) groups excluding carboxylic acids is 2. The molecule has 0 aromatic heterocycles. The SMILES string of the molecule is CCC1(C)Oc2ccc(OC(C)=O)cc2N(CCCOC)C1=O. The van der Waals surface area contributed by atoms with Gasteiger partial charge in [0.2, 0.25) is 0 Å². The van der Waals surface area contributed by atoms with Crippen LogP contribution in [0, 0.1) is 0 Å². The molecule has 0 aliphatic carbocycles. The Balaban J connectivity index is 2.38. The van der Waals surface area contributed by atoms with Crippen molar-refractivity contribution < 1.29 is 23.8 Å². The van der Waals surface area contributed by atoms with Gasteiger partial charge in [0.05, 0.1) is 5.69 Å². The third-order valence-corrected chi connectivity index (χ3v) is 3.92.